The van der Waals surface area contributed by atoms with Crippen molar-refractivity contribution >= 4 is 21.8 Å². The van der Waals surface area contributed by atoms with Gasteiger partial charge in [-0.1, -0.05) is 12.1 Å². The number of nitrogens with one attached hydrogen (secondary N) is 2. The van der Waals surface area contributed by atoms with Crippen LogP contribution in [0.3, 0.4) is 0 Å². The Hall–Kier alpha value is -1.97. The van der Waals surface area contributed by atoms with Crippen LogP contribution in [0, 0.1) is 0 Å². The van der Waals surface area contributed by atoms with Crippen molar-refractivity contribution in [1.29, 1.82) is 0 Å². The van der Waals surface area contributed by atoms with Crippen LogP contribution in [0.5, 0.6) is 0 Å². The Bertz CT molecular complexity index is 767. The van der Waals surface area contributed by atoms with Gasteiger partial charge in [-0.2, -0.15) is 4.31 Å². The molecule has 0 aliphatic carbocycles. The lowest BCUT2D eigenvalue weighted by Crippen LogP contribution is -2.42. The molecule has 0 radical (unpaired) electrons. The van der Waals surface area contributed by atoms with Crippen LogP contribution in [0.15, 0.2) is 29.2 Å². The van der Waals surface area contributed by atoms with Crippen LogP contribution in [0.1, 0.15) is 31.2 Å². The van der Waals surface area contributed by atoms with Crippen LogP contribution < -0.4 is 10.6 Å². The Morgan fingerprint density at radius 2 is 1.70 bits per heavy atom. The topological polar surface area (TPSA) is 105 Å². The number of amides is 2. The first-order valence-corrected chi connectivity index (χ1v) is 10.7. The molecular formula is C18H25N3O5S. The van der Waals surface area contributed by atoms with Crippen LogP contribution in [-0.4, -0.2) is 56.9 Å². The summed E-state index contributed by atoms with van der Waals surface area (Å²) in [4.78, 5) is 23.9. The first-order chi connectivity index (χ1) is 13.0. The highest BCUT2D eigenvalue weighted by molar-refractivity contribution is 7.89. The van der Waals surface area contributed by atoms with E-state index < -0.39 is 21.8 Å². The minimum atomic E-state index is -3.45. The van der Waals surface area contributed by atoms with Gasteiger partial charge in [-0.15, -0.1) is 0 Å². The van der Waals surface area contributed by atoms with Crippen molar-refractivity contribution in [2.24, 2.45) is 0 Å². The number of nitrogens with zero attached hydrogens (tertiary/aromatic N) is 1. The molecule has 8 nitrogen and oxygen atoms in total. The van der Waals surface area contributed by atoms with Crippen LogP contribution in [0.25, 0.3) is 0 Å². The summed E-state index contributed by atoms with van der Waals surface area (Å²) in [5.74, 6) is -1.42. The lowest BCUT2D eigenvalue weighted by molar-refractivity contribution is -0.139. The Labute approximate surface area is 159 Å². The molecule has 2 aliphatic rings. The lowest BCUT2D eigenvalue weighted by Gasteiger charge is -2.15. The maximum atomic E-state index is 12.5. The summed E-state index contributed by atoms with van der Waals surface area (Å²) in [5.41, 5.74) is 0.718. The average Bonchev–Trinajstić information content (AvgIpc) is 3.38. The van der Waals surface area contributed by atoms with E-state index in [1.54, 1.807) is 12.1 Å². The van der Waals surface area contributed by atoms with E-state index in [-0.39, 0.29) is 17.5 Å². The number of sulfonamides is 1. The summed E-state index contributed by atoms with van der Waals surface area (Å²) in [5, 5.41) is 5.10. The molecule has 2 N–H and O–H groups in total. The molecule has 2 fully saturated rings. The van der Waals surface area contributed by atoms with Gasteiger partial charge in [0.05, 0.1) is 11.0 Å². The first-order valence-electron chi connectivity index (χ1n) is 9.23. The van der Waals surface area contributed by atoms with Crippen molar-refractivity contribution < 1.29 is 22.7 Å². The van der Waals surface area contributed by atoms with Crippen LogP contribution in [-0.2, 0) is 30.9 Å². The maximum Gasteiger partial charge on any atom is 0.309 e. The van der Waals surface area contributed by atoms with E-state index in [0.29, 0.717) is 26.2 Å². The molecule has 2 saturated heterocycles. The zero-order valence-corrected chi connectivity index (χ0v) is 16.0. The second-order valence-corrected chi connectivity index (χ2v) is 8.72. The van der Waals surface area contributed by atoms with Crippen molar-refractivity contribution in [2.75, 3.05) is 26.2 Å². The Kier molecular flexibility index (Phi) is 6.46. The van der Waals surface area contributed by atoms with E-state index in [0.717, 1.165) is 31.2 Å². The van der Waals surface area contributed by atoms with Crippen molar-refractivity contribution in [1.82, 2.24) is 14.9 Å². The predicted octanol–water partition coefficient (Wildman–Crippen LogP) is 0.382. The molecule has 0 aromatic heterocycles. The Morgan fingerprint density at radius 1 is 1.04 bits per heavy atom. The Balaban J connectivity index is 1.47. The van der Waals surface area contributed by atoms with E-state index >= 15 is 0 Å². The minimum Gasteiger partial charge on any atom is -0.376 e. The van der Waals surface area contributed by atoms with Gasteiger partial charge in [-0.05, 0) is 43.4 Å². The molecule has 0 unspecified atom stereocenters. The van der Waals surface area contributed by atoms with Crippen LogP contribution in [0.4, 0.5) is 0 Å². The molecule has 27 heavy (non-hydrogen) atoms. The highest BCUT2D eigenvalue weighted by Crippen LogP contribution is 2.21. The average molecular weight is 395 g/mol. The van der Waals surface area contributed by atoms with Crippen LogP contribution >= 0.6 is 0 Å². The van der Waals surface area contributed by atoms with E-state index in [9.17, 15) is 18.0 Å². The van der Waals surface area contributed by atoms with Gasteiger partial charge in [-0.25, -0.2) is 8.42 Å². The maximum absolute atomic E-state index is 12.5. The summed E-state index contributed by atoms with van der Waals surface area (Å²) in [6.07, 6.45) is 3.60. The number of carbonyl (C=O) groups excluding carboxylic acids is 2. The number of benzene rings is 1. The van der Waals surface area contributed by atoms with E-state index in [2.05, 4.69) is 10.6 Å². The van der Waals surface area contributed by atoms with Crippen LogP contribution in [0.2, 0.25) is 0 Å². The quantitative estimate of drug-likeness (QED) is 0.678. The second-order valence-electron chi connectivity index (χ2n) is 6.78. The van der Waals surface area contributed by atoms with Crippen molar-refractivity contribution in [3.05, 3.63) is 29.8 Å². The summed E-state index contributed by atoms with van der Waals surface area (Å²) in [6, 6.07) is 6.36. The van der Waals surface area contributed by atoms with Gasteiger partial charge in [0.2, 0.25) is 10.0 Å². The highest BCUT2D eigenvalue weighted by atomic mass is 32.2. The molecule has 1 aromatic carbocycles. The number of carbonyl (C=O) groups is 2. The molecule has 0 bridgehead atoms. The normalized spacial score (nSPS) is 20.5. The molecule has 0 spiro atoms. The van der Waals surface area contributed by atoms with E-state index in [1.165, 1.54) is 16.4 Å². The summed E-state index contributed by atoms with van der Waals surface area (Å²) in [7, 11) is -3.45. The zero-order valence-electron chi connectivity index (χ0n) is 15.1. The molecule has 2 heterocycles. The van der Waals surface area contributed by atoms with Gasteiger partial charge in [-0.3, -0.25) is 9.59 Å². The lowest BCUT2D eigenvalue weighted by atomic mass is 10.2. The number of ether oxygens (including phenoxy) is 1. The van der Waals surface area contributed by atoms with Gasteiger partial charge >= 0.3 is 11.8 Å². The fourth-order valence-corrected chi connectivity index (χ4v) is 4.73. The predicted molar refractivity (Wildman–Crippen MR) is 98.3 cm³/mol. The largest absolute Gasteiger partial charge is 0.376 e. The summed E-state index contributed by atoms with van der Waals surface area (Å²) < 4.78 is 31.8. The number of rotatable bonds is 6. The molecule has 0 saturated carbocycles. The molecule has 2 amide bonds. The molecule has 1 atom stereocenters. The molecular weight excluding hydrogens is 370 g/mol. The molecule has 1 aromatic rings. The van der Waals surface area contributed by atoms with E-state index in [4.69, 9.17) is 4.74 Å². The molecule has 148 valence electrons. The third-order valence-electron chi connectivity index (χ3n) is 4.80. The second kappa shape index (κ2) is 8.81. The van der Waals surface area contributed by atoms with Crippen molar-refractivity contribution in [2.45, 2.75) is 43.2 Å². The summed E-state index contributed by atoms with van der Waals surface area (Å²) in [6.45, 7) is 2.28. The standard InChI is InChI=1S/C18H25N3O5S/c22-17(18(23)20-13-15-4-3-11-26-15)19-12-14-5-7-16(8-6-14)27(24,25)21-9-1-2-10-21/h5-8,15H,1-4,9-13H2,(H,19,22)(H,20,23)/t15-/m0/s1. The number of hydrogen-bond acceptors (Lipinski definition) is 5. The van der Waals surface area contributed by atoms with Crippen molar-refractivity contribution in [3.8, 4) is 0 Å². The van der Waals surface area contributed by atoms with Gasteiger partial charge in [0.25, 0.3) is 0 Å². The van der Waals surface area contributed by atoms with E-state index in [1.807, 2.05) is 0 Å². The minimum absolute atomic E-state index is 0.0214. The third kappa shape index (κ3) is 5.06. The summed E-state index contributed by atoms with van der Waals surface area (Å²) >= 11 is 0. The highest BCUT2D eigenvalue weighted by Gasteiger charge is 2.27. The smallest absolute Gasteiger partial charge is 0.309 e. The molecule has 2 aliphatic heterocycles. The monoisotopic (exact) mass is 395 g/mol. The van der Waals surface area contributed by atoms with Crippen molar-refractivity contribution in [3.63, 3.8) is 0 Å². The SMILES string of the molecule is O=C(NCc1ccc(S(=O)(=O)N2CCCC2)cc1)C(=O)NC[C@@H]1CCCO1. The fourth-order valence-electron chi connectivity index (χ4n) is 3.21. The number of hydrogen-bond donors (Lipinski definition) is 2. The molecule has 9 heteroatoms. The molecule has 3 rings (SSSR count). The van der Waals surface area contributed by atoms with Gasteiger partial charge in [0.15, 0.2) is 0 Å². The van der Waals surface area contributed by atoms with Gasteiger partial charge in [0, 0.05) is 32.8 Å². The van der Waals surface area contributed by atoms with Gasteiger partial charge < -0.3 is 15.4 Å². The zero-order chi connectivity index (χ0) is 19.3. The third-order valence-corrected chi connectivity index (χ3v) is 6.71. The first kappa shape index (κ1) is 19.8. The Morgan fingerprint density at radius 3 is 2.33 bits per heavy atom. The van der Waals surface area contributed by atoms with Gasteiger partial charge in [0.1, 0.15) is 0 Å². The fraction of sp³-hybridized carbons (Fsp3) is 0.556.